The van der Waals surface area contributed by atoms with Gasteiger partial charge in [0.15, 0.2) is 0 Å². The lowest BCUT2D eigenvalue weighted by Gasteiger charge is -2.19. The first kappa shape index (κ1) is 33.1. The lowest BCUT2D eigenvalue weighted by Crippen LogP contribution is -2.27. The van der Waals surface area contributed by atoms with Crippen molar-refractivity contribution in [3.8, 4) is 5.75 Å². The molecule has 1 aromatic rings. The topological polar surface area (TPSA) is 147 Å². The van der Waals surface area contributed by atoms with Crippen molar-refractivity contribution in [1.29, 1.82) is 0 Å². The molecule has 1 saturated heterocycles. The molecule has 0 unspecified atom stereocenters. The molecule has 1 aliphatic carbocycles. The average molecular weight is 602 g/mol. The number of ether oxygens (including phenoxy) is 2. The van der Waals surface area contributed by atoms with Gasteiger partial charge in [0.1, 0.15) is 18.5 Å². The molecule has 0 amide bonds. The molecule has 2 fully saturated rings. The predicted molar refractivity (Wildman–Crippen MR) is 142 cm³/mol. The van der Waals surface area contributed by atoms with E-state index in [2.05, 4.69) is 5.28 Å². The van der Waals surface area contributed by atoms with E-state index in [1.807, 2.05) is 12.2 Å². The Morgan fingerprint density at radius 3 is 2.71 bits per heavy atom. The van der Waals surface area contributed by atoms with Crippen LogP contribution in [0.2, 0.25) is 0 Å². The molecule has 1 aliphatic heterocycles. The average Bonchev–Trinajstić information content (AvgIpc) is 3.58. The molecule has 0 radical (unpaired) electrons. The molecule has 1 heterocycles. The van der Waals surface area contributed by atoms with Crippen molar-refractivity contribution < 1.29 is 52.6 Å². The third kappa shape index (κ3) is 10.8. The number of hydrogen-bond donors (Lipinski definition) is 3. The molecule has 42 heavy (non-hydrogen) atoms. The highest BCUT2D eigenvalue weighted by Crippen LogP contribution is 2.36. The molecule has 5 atom stereocenters. The van der Waals surface area contributed by atoms with Crippen molar-refractivity contribution >= 4 is 5.97 Å². The summed E-state index contributed by atoms with van der Waals surface area (Å²) in [5.41, 5.74) is -0.855. The number of hydrazine groups is 1. The van der Waals surface area contributed by atoms with Gasteiger partial charge in [0.2, 0.25) is 5.28 Å². The Labute approximate surface area is 242 Å². The second-order valence-corrected chi connectivity index (χ2v) is 10.3. The lowest BCUT2D eigenvalue weighted by molar-refractivity contribution is -0.708. The van der Waals surface area contributed by atoms with Crippen molar-refractivity contribution in [3.05, 3.63) is 59.3 Å². The molecule has 3 rings (SSSR count). The number of rotatable bonds is 15. The number of hydrogen-bond acceptors (Lipinski definition) is 9. The highest BCUT2D eigenvalue weighted by atomic mass is 19.4. The summed E-state index contributed by atoms with van der Waals surface area (Å²) in [6, 6.07) is 4.35. The van der Waals surface area contributed by atoms with Gasteiger partial charge in [0.05, 0.1) is 35.8 Å². The van der Waals surface area contributed by atoms with Crippen LogP contribution in [0.1, 0.15) is 50.5 Å². The molecule has 11 nitrogen and oxygen atoms in total. The number of carbonyl (C=O) groups excluding carboxylic acids is 1. The maximum atomic E-state index is 12.9. The van der Waals surface area contributed by atoms with Crippen molar-refractivity contribution in [2.75, 3.05) is 26.5 Å². The van der Waals surface area contributed by atoms with Crippen LogP contribution >= 0.6 is 0 Å². The fourth-order valence-electron chi connectivity index (χ4n) is 4.86. The fourth-order valence-corrected chi connectivity index (χ4v) is 4.86. The van der Waals surface area contributed by atoms with Gasteiger partial charge in [-0.05, 0) is 56.2 Å². The van der Waals surface area contributed by atoms with Crippen LogP contribution in [0.3, 0.4) is 0 Å². The van der Waals surface area contributed by atoms with Crippen LogP contribution in [-0.2, 0) is 20.5 Å². The standard InChI is InChI=1S/C28H38F3N3O8/c29-28(30,31)20-8-7-9-22(16-20)40-18-21(35)12-13-24-23(25(36)17-26(24)37)10-3-1-2-4-11-27(38)41-19-42-32-34(39)33-14-5-6-15-33/h1,3,7-9,12-13,16,21,23-26,35-37H,2,4-6,10-11,14-15,17-19H2/b3-1-,13-12+,34-32-/t21-,23-,24-,25+,26-/m1/s1. The Morgan fingerprint density at radius 1 is 1.21 bits per heavy atom. The minimum Gasteiger partial charge on any atom is -0.569 e. The van der Waals surface area contributed by atoms with Crippen LogP contribution in [0.15, 0.2) is 53.8 Å². The Bertz CT molecular complexity index is 1080. The van der Waals surface area contributed by atoms with Crippen molar-refractivity contribution in [1.82, 2.24) is 5.01 Å². The van der Waals surface area contributed by atoms with Gasteiger partial charge >= 0.3 is 12.1 Å². The van der Waals surface area contributed by atoms with Crippen LogP contribution in [0.4, 0.5) is 13.2 Å². The second-order valence-electron chi connectivity index (χ2n) is 10.3. The summed E-state index contributed by atoms with van der Waals surface area (Å²) in [5, 5.41) is 47.4. The SMILES string of the molecule is O=C(CCC/C=C\C[C@@H]1[C@@H](/C=C/[C@@H](O)COc2cccc(C(F)(F)F)c2)[C@H](O)C[C@@H]1O)OCO/N=[N+](\[O-])N1CCCC1. The minimum atomic E-state index is -4.51. The summed E-state index contributed by atoms with van der Waals surface area (Å²) in [4.78, 5) is 16.9. The van der Waals surface area contributed by atoms with E-state index in [0.29, 0.717) is 37.3 Å². The zero-order chi connectivity index (χ0) is 30.5. The molecule has 2 aliphatic rings. The summed E-state index contributed by atoms with van der Waals surface area (Å²) in [6.45, 7) is 0.473. The first-order chi connectivity index (χ1) is 20.0. The van der Waals surface area contributed by atoms with E-state index in [1.54, 1.807) is 6.08 Å². The van der Waals surface area contributed by atoms with E-state index >= 15 is 0 Å². The largest absolute Gasteiger partial charge is 0.569 e. The van der Waals surface area contributed by atoms with E-state index in [0.717, 1.165) is 25.0 Å². The number of aliphatic hydroxyl groups is 3. The highest BCUT2D eigenvalue weighted by Gasteiger charge is 2.39. The van der Waals surface area contributed by atoms with Gasteiger partial charge in [-0.2, -0.15) is 13.2 Å². The van der Waals surface area contributed by atoms with Gasteiger partial charge in [0.25, 0.3) is 6.79 Å². The quantitative estimate of drug-likeness (QED) is 0.0518. The molecule has 0 spiro atoms. The summed E-state index contributed by atoms with van der Waals surface area (Å²) in [6.07, 6.45) is 3.16. The number of unbranched alkanes of at least 4 members (excludes halogenated alkanes) is 1. The Kier molecular flexibility index (Phi) is 12.9. The number of nitrogens with zero attached hydrogens (tertiary/aromatic N) is 3. The number of esters is 1. The molecule has 0 aromatic heterocycles. The normalized spacial score (nSPS) is 24.0. The van der Waals surface area contributed by atoms with Crippen LogP contribution < -0.4 is 4.74 Å². The smallest absolute Gasteiger partial charge is 0.416 e. The fraction of sp³-hybridized carbons (Fsp3) is 0.607. The molecule has 1 saturated carbocycles. The van der Waals surface area contributed by atoms with Crippen molar-refractivity contribution in [2.45, 2.75) is 69.4 Å². The summed E-state index contributed by atoms with van der Waals surface area (Å²) < 4.78 is 48.7. The maximum Gasteiger partial charge on any atom is 0.416 e. The van der Waals surface area contributed by atoms with E-state index < -0.39 is 48.7 Å². The monoisotopic (exact) mass is 601 g/mol. The first-order valence-electron chi connectivity index (χ1n) is 13.9. The van der Waals surface area contributed by atoms with Gasteiger partial charge in [0, 0.05) is 18.8 Å². The molecule has 14 heteroatoms. The second kappa shape index (κ2) is 16.3. The summed E-state index contributed by atoms with van der Waals surface area (Å²) in [5.74, 6) is -1.27. The van der Waals surface area contributed by atoms with E-state index in [4.69, 9.17) is 14.3 Å². The van der Waals surface area contributed by atoms with Gasteiger partial charge in [-0.15, -0.1) is 5.01 Å². The number of halogens is 3. The molecule has 234 valence electrons. The van der Waals surface area contributed by atoms with E-state index in [1.165, 1.54) is 23.2 Å². The van der Waals surface area contributed by atoms with Gasteiger partial charge in [-0.25, -0.2) is 0 Å². The Balaban J connectivity index is 1.34. The van der Waals surface area contributed by atoms with Crippen LogP contribution in [0, 0.1) is 17.0 Å². The number of alkyl halides is 3. The summed E-state index contributed by atoms with van der Waals surface area (Å²) in [7, 11) is 0. The molecule has 0 bridgehead atoms. The molecule has 3 N–H and O–H groups in total. The van der Waals surface area contributed by atoms with E-state index in [9.17, 15) is 38.5 Å². The summed E-state index contributed by atoms with van der Waals surface area (Å²) >= 11 is 0. The van der Waals surface area contributed by atoms with E-state index in [-0.39, 0.29) is 31.1 Å². The number of aliphatic hydroxyl groups excluding tert-OH is 3. The number of carbonyl (C=O) groups is 1. The number of benzene rings is 1. The Morgan fingerprint density at radius 2 is 1.98 bits per heavy atom. The molecule has 1 aromatic carbocycles. The lowest BCUT2D eigenvalue weighted by atomic mass is 9.89. The Hall–Kier alpha value is -3.36. The third-order valence-corrected chi connectivity index (χ3v) is 7.10. The third-order valence-electron chi connectivity index (χ3n) is 7.10. The number of allylic oxidation sites excluding steroid dienone is 2. The zero-order valence-electron chi connectivity index (χ0n) is 23.1. The first-order valence-corrected chi connectivity index (χ1v) is 13.9. The highest BCUT2D eigenvalue weighted by molar-refractivity contribution is 5.69. The zero-order valence-corrected chi connectivity index (χ0v) is 23.1. The van der Waals surface area contributed by atoms with Gasteiger partial charge in [-0.3, -0.25) is 4.79 Å². The van der Waals surface area contributed by atoms with Gasteiger partial charge in [-0.1, -0.05) is 30.4 Å². The predicted octanol–water partition coefficient (Wildman–Crippen LogP) is 3.88. The van der Waals surface area contributed by atoms with Crippen LogP contribution in [0.25, 0.3) is 0 Å². The van der Waals surface area contributed by atoms with Crippen LogP contribution in [0.5, 0.6) is 5.75 Å². The minimum absolute atomic E-state index is 0.0303. The van der Waals surface area contributed by atoms with Gasteiger partial charge < -0.3 is 34.8 Å². The van der Waals surface area contributed by atoms with Crippen molar-refractivity contribution in [2.24, 2.45) is 17.1 Å². The molecular formula is C28H38F3N3O8. The molecular weight excluding hydrogens is 563 g/mol. The van der Waals surface area contributed by atoms with Crippen molar-refractivity contribution in [3.63, 3.8) is 0 Å². The van der Waals surface area contributed by atoms with Crippen LogP contribution in [-0.4, -0.2) is 76.1 Å². The maximum absolute atomic E-state index is 12.9.